The van der Waals surface area contributed by atoms with Gasteiger partial charge in [-0.3, -0.25) is 4.79 Å². The normalized spacial score (nSPS) is 14.9. The summed E-state index contributed by atoms with van der Waals surface area (Å²) < 4.78 is 13.2. The highest BCUT2D eigenvalue weighted by Crippen LogP contribution is 2.35. The molecule has 3 rings (SSSR count). The number of nitrogens with one attached hydrogen (secondary N) is 1. The van der Waals surface area contributed by atoms with Crippen molar-refractivity contribution in [2.45, 2.75) is 63.9 Å². The molecule has 1 aromatic carbocycles. The SMILES string of the molecule is C=NC1=C(/C=C\CCCOc2cc(CC(CC(=O)O)c3cc(C(C)(C)O)ccc3OC)nn2C)CCCN1. The van der Waals surface area contributed by atoms with E-state index in [9.17, 15) is 15.0 Å². The van der Waals surface area contributed by atoms with Gasteiger partial charge in [0, 0.05) is 25.6 Å². The number of hydrogen-bond donors (Lipinski definition) is 3. The predicted octanol–water partition coefficient (Wildman–Crippen LogP) is 4.47. The van der Waals surface area contributed by atoms with Crippen LogP contribution in [0.25, 0.3) is 0 Å². The fourth-order valence-corrected chi connectivity index (χ4v) is 4.57. The average Bonchev–Trinajstić information content (AvgIpc) is 3.23. The summed E-state index contributed by atoms with van der Waals surface area (Å²) in [5, 5.41) is 27.9. The molecule has 2 aromatic rings. The van der Waals surface area contributed by atoms with E-state index in [1.807, 2.05) is 19.2 Å². The first-order valence-electron chi connectivity index (χ1n) is 13.0. The molecule has 3 N–H and O–H groups in total. The summed E-state index contributed by atoms with van der Waals surface area (Å²) >= 11 is 0. The third-order valence-electron chi connectivity index (χ3n) is 6.60. The molecule has 0 aliphatic carbocycles. The van der Waals surface area contributed by atoms with Crippen LogP contribution in [0.4, 0.5) is 0 Å². The van der Waals surface area contributed by atoms with Gasteiger partial charge in [-0.05, 0) is 81.5 Å². The van der Waals surface area contributed by atoms with Crippen molar-refractivity contribution >= 4 is 12.7 Å². The Labute approximate surface area is 224 Å². The standard InChI is InChI=1S/C29H40N4O5/c1-29(2,36)22-12-13-25(37-5)24(18-22)21(17-27(34)35)16-23-19-26(33(4)32-23)38-15-8-6-7-10-20-11-9-14-31-28(20)30-3/h7,10,12-13,18-19,21,31,36H,3,6,8-9,11,14-17H2,1-2,4-5H3,(H,34,35)/b10-7-. The molecule has 1 aliphatic rings. The second-order valence-corrected chi connectivity index (χ2v) is 10.1. The number of ether oxygens (including phenoxy) is 2. The first-order valence-corrected chi connectivity index (χ1v) is 13.0. The van der Waals surface area contributed by atoms with Gasteiger partial charge >= 0.3 is 5.97 Å². The summed E-state index contributed by atoms with van der Waals surface area (Å²) in [6.07, 6.45) is 8.35. The number of aryl methyl sites for hydroxylation is 1. The minimum absolute atomic E-state index is 0.0974. The molecule has 38 heavy (non-hydrogen) atoms. The number of methoxy groups -OCH3 is 1. The fourth-order valence-electron chi connectivity index (χ4n) is 4.57. The molecule has 0 fully saturated rings. The van der Waals surface area contributed by atoms with Gasteiger partial charge in [-0.25, -0.2) is 9.67 Å². The Bertz CT molecular complexity index is 1180. The Kier molecular flexibility index (Phi) is 10.1. The number of nitrogens with zero attached hydrogens (tertiary/aromatic N) is 3. The van der Waals surface area contributed by atoms with Gasteiger partial charge in [-0.15, -0.1) is 0 Å². The maximum atomic E-state index is 11.7. The second kappa shape index (κ2) is 13.3. The van der Waals surface area contributed by atoms with E-state index in [1.165, 1.54) is 5.57 Å². The van der Waals surface area contributed by atoms with E-state index in [0.29, 0.717) is 30.2 Å². The van der Waals surface area contributed by atoms with E-state index in [1.54, 1.807) is 37.8 Å². The molecule has 1 atom stereocenters. The Morgan fingerprint density at radius 1 is 1.37 bits per heavy atom. The molecule has 1 unspecified atom stereocenters. The number of rotatable bonds is 14. The molecular weight excluding hydrogens is 484 g/mol. The zero-order valence-electron chi connectivity index (χ0n) is 22.9. The van der Waals surface area contributed by atoms with Gasteiger partial charge in [0.15, 0.2) is 0 Å². The summed E-state index contributed by atoms with van der Waals surface area (Å²) in [6.45, 7) is 8.49. The topological polar surface area (TPSA) is 118 Å². The molecule has 9 heteroatoms. The van der Waals surface area contributed by atoms with Gasteiger partial charge in [-0.1, -0.05) is 18.2 Å². The average molecular weight is 525 g/mol. The highest BCUT2D eigenvalue weighted by molar-refractivity contribution is 5.68. The Hall–Kier alpha value is -3.59. The maximum Gasteiger partial charge on any atom is 0.303 e. The number of hydrogen-bond acceptors (Lipinski definition) is 7. The van der Waals surface area contributed by atoms with Crippen LogP contribution in [0.2, 0.25) is 0 Å². The van der Waals surface area contributed by atoms with E-state index >= 15 is 0 Å². The van der Waals surface area contributed by atoms with Crippen LogP contribution in [0.5, 0.6) is 11.6 Å². The number of unbranched alkanes of at least 4 members (excludes halogenated alkanes) is 1. The van der Waals surface area contributed by atoms with Crippen LogP contribution < -0.4 is 14.8 Å². The molecule has 1 aliphatic heterocycles. The molecule has 9 nitrogen and oxygen atoms in total. The van der Waals surface area contributed by atoms with Gasteiger partial charge in [0.05, 0.1) is 31.4 Å². The van der Waals surface area contributed by atoms with Crippen LogP contribution in [0.1, 0.15) is 68.7 Å². The van der Waals surface area contributed by atoms with Crippen LogP contribution in [0.3, 0.4) is 0 Å². The summed E-state index contributed by atoms with van der Waals surface area (Å²) in [7, 11) is 3.37. The van der Waals surface area contributed by atoms with Crippen molar-refractivity contribution in [2.24, 2.45) is 12.0 Å². The zero-order chi connectivity index (χ0) is 27.7. The number of aliphatic hydroxyl groups is 1. The number of carbonyl (C=O) groups is 1. The number of benzene rings is 1. The molecule has 0 amide bonds. The van der Waals surface area contributed by atoms with E-state index in [0.717, 1.165) is 49.3 Å². The van der Waals surface area contributed by atoms with E-state index in [-0.39, 0.29) is 6.42 Å². The summed E-state index contributed by atoms with van der Waals surface area (Å²) in [4.78, 5) is 15.8. The van der Waals surface area contributed by atoms with Gasteiger partial charge in [0.1, 0.15) is 11.6 Å². The number of aliphatic imine (C=N–C) groups is 1. The van der Waals surface area contributed by atoms with Crippen molar-refractivity contribution in [2.75, 3.05) is 20.3 Å². The molecule has 0 spiro atoms. The van der Waals surface area contributed by atoms with E-state index in [2.05, 4.69) is 34.3 Å². The molecular formula is C29H40N4O5. The molecule has 0 bridgehead atoms. The van der Waals surface area contributed by atoms with Crippen LogP contribution in [-0.2, 0) is 23.9 Å². The van der Waals surface area contributed by atoms with Crippen molar-refractivity contribution in [3.8, 4) is 11.6 Å². The molecule has 2 heterocycles. The van der Waals surface area contributed by atoms with Gasteiger partial charge < -0.3 is 25.0 Å². The number of carboxylic acids is 1. The van der Waals surface area contributed by atoms with E-state index < -0.39 is 17.5 Å². The molecule has 0 saturated heterocycles. The van der Waals surface area contributed by atoms with Gasteiger partial charge in [-0.2, -0.15) is 5.10 Å². The quantitative estimate of drug-likeness (QED) is 0.247. The minimum Gasteiger partial charge on any atom is -0.496 e. The van der Waals surface area contributed by atoms with E-state index in [4.69, 9.17) is 9.47 Å². The lowest BCUT2D eigenvalue weighted by atomic mass is 9.86. The Morgan fingerprint density at radius 2 is 2.16 bits per heavy atom. The highest BCUT2D eigenvalue weighted by atomic mass is 16.5. The largest absolute Gasteiger partial charge is 0.496 e. The zero-order valence-corrected chi connectivity index (χ0v) is 22.9. The molecule has 206 valence electrons. The Morgan fingerprint density at radius 3 is 2.84 bits per heavy atom. The highest BCUT2D eigenvalue weighted by Gasteiger charge is 2.25. The van der Waals surface area contributed by atoms with Crippen LogP contribution in [0, 0.1) is 0 Å². The lowest BCUT2D eigenvalue weighted by Gasteiger charge is -2.23. The van der Waals surface area contributed by atoms with Crippen molar-refractivity contribution < 1.29 is 24.5 Å². The monoisotopic (exact) mass is 524 g/mol. The maximum absolute atomic E-state index is 11.7. The van der Waals surface area contributed by atoms with Crippen molar-refractivity contribution in [3.05, 3.63) is 64.6 Å². The van der Waals surface area contributed by atoms with Crippen molar-refractivity contribution in [1.82, 2.24) is 15.1 Å². The van der Waals surface area contributed by atoms with Crippen LogP contribution >= 0.6 is 0 Å². The third kappa shape index (κ3) is 7.95. The molecule has 0 saturated carbocycles. The summed E-state index contributed by atoms with van der Waals surface area (Å²) in [5.41, 5.74) is 2.27. The first-order chi connectivity index (χ1) is 18.1. The second-order valence-electron chi connectivity index (χ2n) is 10.1. The first kappa shape index (κ1) is 29.0. The summed E-state index contributed by atoms with van der Waals surface area (Å²) in [6, 6.07) is 7.25. The fraction of sp³-hybridized carbons (Fsp3) is 0.483. The number of allylic oxidation sites excluding steroid dienone is 3. The number of carboxylic acid groups (broad SMARTS) is 1. The smallest absolute Gasteiger partial charge is 0.303 e. The minimum atomic E-state index is -1.06. The van der Waals surface area contributed by atoms with Gasteiger partial charge in [0.25, 0.3) is 0 Å². The predicted molar refractivity (Wildman–Crippen MR) is 148 cm³/mol. The Balaban J connectivity index is 1.65. The number of aliphatic carboxylic acids is 1. The summed E-state index contributed by atoms with van der Waals surface area (Å²) in [5.74, 6) is 0.781. The number of aromatic nitrogens is 2. The van der Waals surface area contributed by atoms with Crippen LogP contribution in [-0.4, -0.2) is 52.9 Å². The van der Waals surface area contributed by atoms with Crippen molar-refractivity contribution in [3.63, 3.8) is 0 Å². The lowest BCUT2D eigenvalue weighted by Crippen LogP contribution is -2.19. The molecule has 0 radical (unpaired) electrons. The molecule has 1 aromatic heterocycles. The third-order valence-corrected chi connectivity index (χ3v) is 6.60. The van der Waals surface area contributed by atoms with Crippen LogP contribution in [0.15, 0.2) is 52.8 Å². The lowest BCUT2D eigenvalue weighted by molar-refractivity contribution is -0.137. The van der Waals surface area contributed by atoms with Crippen molar-refractivity contribution in [1.29, 1.82) is 0 Å². The van der Waals surface area contributed by atoms with Gasteiger partial charge in [0.2, 0.25) is 5.88 Å².